The molecule has 1 aliphatic heterocycles. The van der Waals surface area contributed by atoms with Crippen molar-refractivity contribution in [3.63, 3.8) is 0 Å². The van der Waals surface area contributed by atoms with Crippen molar-refractivity contribution in [1.29, 1.82) is 0 Å². The van der Waals surface area contributed by atoms with Gasteiger partial charge in [-0.05, 0) is 13.3 Å². The zero-order chi connectivity index (χ0) is 7.23. The zero-order valence-corrected chi connectivity index (χ0v) is 6.29. The molecule has 0 amide bonds. The average molecular weight is 144 g/mol. The Morgan fingerprint density at radius 3 is 2.82 bits per heavy atom. The summed E-state index contributed by atoms with van der Waals surface area (Å²) in [6.07, 6.45) is 9.62. The van der Waals surface area contributed by atoms with Crippen LogP contribution in [-0.2, 0) is 0 Å². The Kier molecular flexibility index (Phi) is 6.75. The first-order valence-electron chi connectivity index (χ1n) is 3.75. The molecular formula is C9H15LiN. The Bertz CT molecular complexity index is 140. The Labute approximate surface area is 81.3 Å². The van der Waals surface area contributed by atoms with Crippen LogP contribution in [-0.4, -0.2) is 43.4 Å². The van der Waals surface area contributed by atoms with Gasteiger partial charge in [-0.3, -0.25) is 4.90 Å². The predicted molar refractivity (Wildman–Crippen MR) is 51.8 cm³/mol. The van der Waals surface area contributed by atoms with E-state index in [4.69, 9.17) is 0 Å². The molecule has 1 heterocycles. The van der Waals surface area contributed by atoms with Gasteiger partial charge in [0.05, 0.1) is 0 Å². The fourth-order valence-corrected chi connectivity index (χ4v) is 1.08. The summed E-state index contributed by atoms with van der Waals surface area (Å²) in [5.74, 6) is 0. The zero-order valence-electron chi connectivity index (χ0n) is 6.29. The molecule has 2 heteroatoms. The number of rotatable bonds is 2. The molecule has 1 nitrogen and oxygen atoms in total. The molecule has 0 aromatic rings. The molecule has 0 spiro atoms. The second kappa shape index (κ2) is 6.73. The van der Waals surface area contributed by atoms with Gasteiger partial charge in [0.2, 0.25) is 0 Å². The van der Waals surface area contributed by atoms with E-state index < -0.39 is 0 Å². The summed E-state index contributed by atoms with van der Waals surface area (Å²) in [5.41, 5.74) is 0. The summed E-state index contributed by atoms with van der Waals surface area (Å²) in [7, 11) is 0. The molecule has 0 fully saturated rings. The van der Waals surface area contributed by atoms with Crippen LogP contribution in [0.2, 0.25) is 0 Å². The monoisotopic (exact) mass is 144 g/mol. The van der Waals surface area contributed by atoms with Gasteiger partial charge in [-0.2, -0.15) is 0 Å². The fraction of sp³-hybridized carbons (Fsp3) is 0.444. The first kappa shape index (κ1) is 11.0. The van der Waals surface area contributed by atoms with Gasteiger partial charge in [0.25, 0.3) is 0 Å². The van der Waals surface area contributed by atoms with Crippen molar-refractivity contribution in [2.45, 2.75) is 6.42 Å². The van der Waals surface area contributed by atoms with Crippen LogP contribution >= 0.6 is 0 Å². The standard InChI is InChI=1S/C9H14N.Li.H/c1-2-3-7-10-8-5-4-6-9-10;;/h2-5H,1,6-9H2;;/b3-2+;;. The van der Waals surface area contributed by atoms with Crippen LogP contribution in [0.1, 0.15) is 6.42 Å². The van der Waals surface area contributed by atoms with Gasteiger partial charge in [-0.1, -0.05) is 24.3 Å². The molecular weight excluding hydrogens is 129 g/mol. The first-order chi connectivity index (χ1) is 4.93. The molecule has 0 saturated heterocycles. The summed E-state index contributed by atoms with van der Waals surface area (Å²) in [6, 6.07) is 0. The molecule has 0 aromatic carbocycles. The van der Waals surface area contributed by atoms with Gasteiger partial charge in [0.15, 0.2) is 0 Å². The van der Waals surface area contributed by atoms with Gasteiger partial charge >= 0.3 is 18.9 Å². The van der Waals surface area contributed by atoms with E-state index in [1.165, 1.54) is 13.0 Å². The Morgan fingerprint density at radius 2 is 2.27 bits per heavy atom. The second-order valence-corrected chi connectivity index (χ2v) is 2.49. The summed E-state index contributed by atoms with van der Waals surface area (Å²) >= 11 is 0. The Morgan fingerprint density at radius 1 is 1.45 bits per heavy atom. The van der Waals surface area contributed by atoms with Crippen molar-refractivity contribution in [3.8, 4) is 0 Å². The van der Waals surface area contributed by atoms with E-state index >= 15 is 0 Å². The first-order valence-corrected chi connectivity index (χ1v) is 3.75. The topological polar surface area (TPSA) is 3.24 Å². The van der Waals surface area contributed by atoms with E-state index in [2.05, 4.69) is 30.1 Å². The van der Waals surface area contributed by atoms with Gasteiger partial charge in [0.1, 0.15) is 0 Å². The molecule has 0 aliphatic carbocycles. The van der Waals surface area contributed by atoms with Crippen molar-refractivity contribution in [2.75, 3.05) is 19.6 Å². The number of allylic oxidation sites excluding steroid dienone is 1. The summed E-state index contributed by atoms with van der Waals surface area (Å²) < 4.78 is 0. The fourth-order valence-electron chi connectivity index (χ4n) is 1.08. The normalized spacial score (nSPS) is 18.6. The van der Waals surface area contributed by atoms with Crippen LogP contribution in [0.4, 0.5) is 0 Å². The molecule has 1 aliphatic rings. The van der Waals surface area contributed by atoms with Crippen LogP contribution in [0.5, 0.6) is 0 Å². The molecule has 0 saturated carbocycles. The van der Waals surface area contributed by atoms with Crippen molar-refractivity contribution in [2.24, 2.45) is 0 Å². The number of nitrogens with zero attached hydrogens (tertiary/aromatic N) is 1. The predicted octanol–water partition coefficient (Wildman–Crippen LogP) is 0.990. The minimum absolute atomic E-state index is 0. The van der Waals surface area contributed by atoms with Crippen molar-refractivity contribution in [3.05, 3.63) is 31.2 Å². The van der Waals surface area contributed by atoms with Gasteiger partial charge in [-0.25, -0.2) is 0 Å². The van der Waals surface area contributed by atoms with Crippen LogP contribution in [0.3, 0.4) is 0 Å². The van der Waals surface area contributed by atoms with Gasteiger partial charge in [0, 0.05) is 19.6 Å². The molecule has 0 aromatic heterocycles. The second-order valence-electron chi connectivity index (χ2n) is 2.49. The molecule has 0 atom stereocenters. The summed E-state index contributed by atoms with van der Waals surface area (Å²) in [5, 5.41) is 0. The van der Waals surface area contributed by atoms with Crippen LogP contribution < -0.4 is 0 Å². The third kappa shape index (κ3) is 4.47. The number of hydrogen-bond acceptors (Lipinski definition) is 1. The maximum absolute atomic E-state index is 3.64. The van der Waals surface area contributed by atoms with Crippen LogP contribution in [0, 0.1) is 6.92 Å². The Balaban J connectivity index is 0.000001000. The van der Waals surface area contributed by atoms with Crippen molar-refractivity contribution >= 4 is 18.9 Å². The van der Waals surface area contributed by atoms with E-state index in [0.29, 0.717) is 0 Å². The van der Waals surface area contributed by atoms with E-state index in [1.54, 1.807) is 0 Å². The van der Waals surface area contributed by atoms with Gasteiger partial charge < -0.3 is 0 Å². The third-order valence-electron chi connectivity index (χ3n) is 1.67. The van der Waals surface area contributed by atoms with Crippen molar-refractivity contribution in [1.82, 2.24) is 4.90 Å². The quantitative estimate of drug-likeness (QED) is 0.412. The molecule has 1 rings (SSSR count). The van der Waals surface area contributed by atoms with E-state index in [9.17, 15) is 0 Å². The third-order valence-corrected chi connectivity index (χ3v) is 1.67. The number of hydrogen-bond donors (Lipinski definition) is 0. The molecule has 11 heavy (non-hydrogen) atoms. The van der Waals surface area contributed by atoms with Crippen molar-refractivity contribution < 1.29 is 0 Å². The molecule has 1 radical (unpaired) electrons. The maximum atomic E-state index is 3.64. The minimum atomic E-state index is 0. The summed E-state index contributed by atoms with van der Waals surface area (Å²) in [6.45, 7) is 6.99. The molecule has 57 valence electrons. The molecule has 0 N–H and O–H groups in total. The average Bonchev–Trinajstić information content (AvgIpc) is 2.03. The Hall–Kier alpha value is 0.0374. The van der Waals surface area contributed by atoms with E-state index in [0.717, 1.165) is 13.1 Å². The summed E-state index contributed by atoms with van der Waals surface area (Å²) in [4.78, 5) is 2.39. The van der Waals surface area contributed by atoms with E-state index in [1.807, 2.05) is 6.08 Å². The van der Waals surface area contributed by atoms with Gasteiger partial charge in [-0.15, -0.1) is 0 Å². The van der Waals surface area contributed by atoms with Crippen LogP contribution in [0.25, 0.3) is 0 Å². The SMILES string of the molecule is [CH2]/C=C/CN1CC=CCC1.[LiH]. The molecule has 0 unspecified atom stereocenters. The van der Waals surface area contributed by atoms with E-state index in [-0.39, 0.29) is 18.9 Å². The molecule has 0 bridgehead atoms. The van der Waals surface area contributed by atoms with Crippen LogP contribution in [0.15, 0.2) is 24.3 Å².